The summed E-state index contributed by atoms with van der Waals surface area (Å²) in [6.45, 7) is 0. The van der Waals surface area contributed by atoms with Crippen LogP contribution in [0.3, 0.4) is 0 Å². The number of nitrogens with one attached hydrogen (secondary N) is 1. The number of fused-ring (bicyclic) bond motifs is 3. The molecule has 0 saturated carbocycles. The van der Waals surface area contributed by atoms with Crippen LogP contribution in [0, 0.1) is 0 Å². The number of nitrogens with zero attached hydrogens (tertiary/aromatic N) is 2. The Labute approximate surface area is 199 Å². The number of ether oxygens (including phenoxy) is 1. The topological polar surface area (TPSA) is 46.1 Å². The molecule has 2 aliphatic heterocycles. The molecule has 0 aromatic heterocycles. The number of oxime groups is 1. The number of anilines is 2. The normalized spacial score (nSPS) is 20.8. The monoisotopic (exact) mass is 447 g/mol. The Hall–Kier alpha value is -4.25. The van der Waals surface area contributed by atoms with E-state index in [0.717, 1.165) is 39.7 Å². The second-order valence-corrected chi connectivity index (χ2v) is 8.55. The minimum atomic E-state index is -0.809. The lowest BCUT2D eigenvalue weighted by Crippen LogP contribution is -2.47. The SMILES string of the molecule is COc1ccc(C2CC3(c4ccccc4)ON=C(c4ccccc4)N3c3ccccc3N2)cc1. The summed E-state index contributed by atoms with van der Waals surface area (Å²) in [5.74, 6) is 1.64. The summed E-state index contributed by atoms with van der Waals surface area (Å²) in [4.78, 5) is 8.73. The van der Waals surface area contributed by atoms with Crippen molar-refractivity contribution in [2.24, 2.45) is 5.16 Å². The van der Waals surface area contributed by atoms with Crippen LogP contribution in [-0.4, -0.2) is 12.9 Å². The molecule has 34 heavy (non-hydrogen) atoms. The zero-order valence-corrected chi connectivity index (χ0v) is 18.9. The van der Waals surface area contributed by atoms with E-state index in [4.69, 9.17) is 9.57 Å². The van der Waals surface area contributed by atoms with E-state index < -0.39 is 5.72 Å². The summed E-state index contributed by atoms with van der Waals surface area (Å²) >= 11 is 0. The predicted octanol–water partition coefficient (Wildman–Crippen LogP) is 6.30. The van der Waals surface area contributed by atoms with Crippen molar-refractivity contribution < 1.29 is 9.57 Å². The summed E-state index contributed by atoms with van der Waals surface area (Å²) in [5, 5.41) is 8.48. The van der Waals surface area contributed by atoms with Gasteiger partial charge in [0, 0.05) is 17.5 Å². The Morgan fingerprint density at radius 2 is 1.53 bits per heavy atom. The fourth-order valence-electron chi connectivity index (χ4n) is 4.92. The number of benzene rings is 4. The zero-order valence-electron chi connectivity index (χ0n) is 18.9. The summed E-state index contributed by atoms with van der Waals surface area (Å²) in [6, 6.07) is 37.2. The van der Waals surface area contributed by atoms with Gasteiger partial charge in [0.2, 0.25) is 5.72 Å². The van der Waals surface area contributed by atoms with Gasteiger partial charge < -0.3 is 14.9 Å². The molecular weight excluding hydrogens is 422 g/mol. The van der Waals surface area contributed by atoms with Crippen LogP contribution in [0.15, 0.2) is 114 Å². The van der Waals surface area contributed by atoms with Crippen molar-refractivity contribution in [3.63, 3.8) is 0 Å². The largest absolute Gasteiger partial charge is 0.497 e. The van der Waals surface area contributed by atoms with Crippen LogP contribution in [-0.2, 0) is 10.6 Å². The molecule has 0 fully saturated rings. The Morgan fingerprint density at radius 1 is 0.853 bits per heavy atom. The maximum atomic E-state index is 6.48. The number of hydrogen-bond acceptors (Lipinski definition) is 5. The fourth-order valence-corrected chi connectivity index (χ4v) is 4.92. The minimum Gasteiger partial charge on any atom is -0.497 e. The van der Waals surface area contributed by atoms with Crippen LogP contribution in [0.25, 0.3) is 0 Å². The van der Waals surface area contributed by atoms with Gasteiger partial charge in [-0.3, -0.25) is 4.90 Å². The molecule has 0 aliphatic carbocycles. The first-order chi connectivity index (χ1) is 16.8. The molecule has 2 atom stereocenters. The second-order valence-electron chi connectivity index (χ2n) is 8.55. The van der Waals surface area contributed by atoms with Gasteiger partial charge >= 0.3 is 0 Å². The summed E-state index contributed by atoms with van der Waals surface area (Å²) in [6.07, 6.45) is 0.651. The van der Waals surface area contributed by atoms with Crippen molar-refractivity contribution in [2.75, 3.05) is 17.3 Å². The van der Waals surface area contributed by atoms with Crippen molar-refractivity contribution in [3.05, 3.63) is 126 Å². The molecule has 6 rings (SSSR count). The maximum Gasteiger partial charge on any atom is 0.243 e. The van der Waals surface area contributed by atoms with Crippen molar-refractivity contribution >= 4 is 17.2 Å². The molecule has 2 unspecified atom stereocenters. The molecule has 5 heteroatoms. The molecular formula is C29H25N3O2. The predicted molar refractivity (Wildman–Crippen MR) is 135 cm³/mol. The molecule has 2 aliphatic rings. The third kappa shape index (κ3) is 3.28. The van der Waals surface area contributed by atoms with E-state index in [1.807, 2.05) is 36.4 Å². The third-order valence-corrected chi connectivity index (χ3v) is 6.59. The Bertz CT molecular complexity index is 1320. The van der Waals surface area contributed by atoms with Gasteiger partial charge in [0.25, 0.3) is 0 Å². The van der Waals surface area contributed by atoms with E-state index in [9.17, 15) is 0 Å². The van der Waals surface area contributed by atoms with Crippen LogP contribution in [0.1, 0.15) is 29.2 Å². The quantitative estimate of drug-likeness (QED) is 0.399. The van der Waals surface area contributed by atoms with Crippen LogP contribution in [0.4, 0.5) is 11.4 Å². The van der Waals surface area contributed by atoms with Crippen molar-refractivity contribution in [1.29, 1.82) is 0 Å². The Kier molecular flexibility index (Phi) is 4.95. The smallest absolute Gasteiger partial charge is 0.243 e. The molecule has 1 N–H and O–H groups in total. The van der Waals surface area contributed by atoms with E-state index in [-0.39, 0.29) is 6.04 Å². The van der Waals surface area contributed by atoms with Gasteiger partial charge in [-0.1, -0.05) is 90.1 Å². The van der Waals surface area contributed by atoms with Crippen LogP contribution < -0.4 is 15.0 Å². The molecule has 0 bridgehead atoms. The molecule has 5 nitrogen and oxygen atoms in total. The summed E-state index contributed by atoms with van der Waals surface area (Å²) in [5.41, 5.74) is 4.48. The third-order valence-electron chi connectivity index (χ3n) is 6.59. The van der Waals surface area contributed by atoms with E-state index in [1.54, 1.807) is 7.11 Å². The van der Waals surface area contributed by atoms with Crippen molar-refractivity contribution in [2.45, 2.75) is 18.2 Å². The van der Waals surface area contributed by atoms with E-state index in [2.05, 4.69) is 88.2 Å². The highest BCUT2D eigenvalue weighted by atomic mass is 16.7. The standard InChI is InChI=1S/C29H25N3O2/c1-33-24-18-16-21(17-19-24)26-20-29(23-12-6-3-7-13-23)32(27-15-9-8-14-25(27)30-26)28(31-34-29)22-10-4-2-5-11-22/h2-19,26,30H,20H2,1H3. The molecule has 0 radical (unpaired) electrons. The van der Waals surface area contributed by atoms with Gasteiger partial charge in [-0.2, -0.15) is 0 Å². The number of amidine groups is 1. The van der Waals surface area contributed by atoms with E-state index in [1.165, 1.54) is 0 Å². The molecule has 0 saturated heterocycles. The minimum absolute atomic E-state index is 0.0115. The lowest BCUT2D eigenvalue weighted by atomic mass is 9.90. The zero-order chi connectivity index (χ0) is 23.0. The lowest BCUT2D eigenvalue weighted by Gasteiger charge is -2.37. The first-order valence-corrected chi connectivity index (χ1v) is 11.5. The first kappa shape index (κ1) is 20.4. The Morgan fingerprint density at radius 3 is 2.26 bits per heavy atom. The molecule has 0 spiro atoms. The molecule has 0 amide bonds. The highest BCUT2D eigenvalue weighted by molar-refractivity contribution is 6.13. The average Bonchev–Trinajstić information content (AvgIpc) is 3.22. The molecule has 168 valence electrons. The van der Waals surface area contributed by atoms with Crippen LogP contribution >= 0.6 is 0 Å². The maximum absolute atomic E-state index is 6.48. The van der Waals surface area contributed by atoms with Crippen molar-refractivity contribution in [1.82, 2.24) is 0 Å². The lowest BCUT2D eigenvalue weighted by molar-refractivity contribution is -0.0308. The molecule has 4 aromatic rings. The number of methoxy groups -OCH3 is 1. The summed E-state index contributed by atoms with van der Waals surface area (Å²) in [7, 11) is 1.69. The van der Waals surface area contributed by atoms with Gasteiger partial charge in [-0.15, -0.1) is 0 Å². The highest BCUT2D eigenvalue weighted by Crippen LogP contribution is 2.51. The Balaban J connectivity index is 1.55. The second kappa shape index (κ2) is 8.27. The van der Waals surface area contributed by atoms with Crippen molar-refractivity contribution in [3.8, 4) is 5.75 Å². The van der Waals surface area contributed by atoms with Gasteiger partial charge in [0.1, 0.15) is 5.75 Å². The number of para-hydroxylation sites is 2. The van der Waals surface area contributed by atoms with Gasteiger partial charge in [0.05, 0.1) is 24.5 Å². The van der Waals surface area contributed by atoms with Crippen LogP contribution in [0.5, 0.6) is 5.75 Å². The van der Waals surface area contributed by atoms with Gasteiger partial charge in [-0.05, 0) is 29.8 Å². The first-order valence-electron chi connectivity index (χ1n) is 11.5. The highest BCUT2D eigenvalue weighted by Gasteiger charge is 2.52. The number of rotatable bonds is 4. The average molecular weight is 448 g/mol. The fraction of sp³-hybridized carbons (Fsp3) is 0.138. The summed E-state index contributed by atoms with van der Waals surface area (Å²) < 4.78 is 5.39. The van der Waals surface area contributed by atoms with Crippen LogP contribution in [0.2, 0.25) is 0 Å². The van der Waals surface area contributed by atoms with Gasteiger partial charge in [0.15, 0.2) is 5.84 Å². The molecule has 2 heterocycles. The number of hydrogen-bond donors (Lipinski definition) is 1. The van der Waals surface area contributed by atoms with E-state index >= 15 is 0 Å². The van der Waals surface area contributed by atoms with Gasteiger partial charge in [-0.25, -0.2) is 0 Å². The molecule has 4 aromatic carbocycles. The van der Waals surface area contributed by atoms with E-state index in [0.29, 0.717) is 6.42 Å².